The highest BCUT2D eigenvalue weighted by Crippen LogP contribution is 2.21. The number of hydrogen-bond acceptors (Lipinski definition) is 5. The highest BCUT2D eigenvalue weighted by atomic mass is 32.2. The van der Waals surface area contributed by atoms with Gasteiger partial charge in [0.25, 0.3) is 0 Å². The zero-order valence-corrected chi connectivity index (χ0v) is 16.1. The average Bonchev–Trinajstić information content (AvgIpc) is 2.89. The molecule has 0 unspecified atom stereocenters. The van der Waals surface area contributed by atoms with Crippen LogP contribution in [-0.4, -0.2) is 30.7 Å². The van der Waals surface area contributed by atoms with E-state index < -0.39 is 27.2 Å². The van der Waals surface area contributed by atoms with Crippen LogP contribution >= 0.6 is 0 Å². The number of rotatable bonds is 6. The van der Waals surface area contributed by atoms with Crippen molar-refractivity contribution >= 4 is 16.0 Å². The molecule has 0 spiro atoms. The minimum atomic E-state index is -3.94. The Bertz CT molecular complexity index is 1070. The van der Waals surface area contributed by atoms with Crippen LogP contribution in [0.2, 0.25) is 0 Å². The molecule has 1 aliphatic heterocycles. The first-order chi connectivity index (χ1) is 12.5. The number of carbonyl (C=O) groups is 1. The lowest BCUT2D eigenvalue weighted by atomic mass is 10.0. The van der Waals surface area contributed by atoms with Gasteiger partial charge in [0.1, 0.15) is 5.54 Å². The van der Waals surface area contributed by atoms with Crippen LogP contribution in [0.15, 0.2) is 63.4 Å². The molecular formula is C19H21N3O4S. The summed E-state index contributed by atoms with van der Waals surface area (Å²) in [5.74, 6) is -1.25. The molecule has 0 radical (unpaired) electrons. The maximum absolute atomic E-state index is 12.4. The topological polar surface area (TPSA) is 108 Å². The number of carboxylic acid groups (broad SMARTS) is 1. The van der Waals surface area contributed by atoms with Crippen LogP contribution in [0.25, 0.3) is 0 Å². The Hall–Kier alpha value is -2.58. The molecule has 2 aromatic carbocycles. The fourth-order valence-electron chi connectivity index (χ4n) is 2.89. The molecule has 0 aromatic heterocycles. The van der Waals surface area contributed by atoms with Gasteiger partial charge >= 0.3 is 5.97 Å². The molecule has 7 nitrogen and oxygen atoms in total. The predicted octanol–water partition coefficient (Wildman–Crippen LogP) is 1.04. The van der Waals surface area contributed by atoms with Crippen molar-refractivity contribution in [2.45, 2.75) is 43.3 Å². The van der Waals surface area contributed by atoms with Crippen LogP contribution in [0.5, 0.6) is 0 Å². The monoisotopic (exact) mass is 387 g/mol. The molecule has 0 bridgehead atoms. The van der Waals surface area contributed by atoms with Crippen molar-refractivity contribution in [3.63, 3.8) is 0 Å². The van der Waals surface area contributed by atoms with E-state index in [1.54, 1.807) is 12.1 Å². The van der Waals surface area contributed by atoms with Crippen molar-refractivity contribution in [2.75, 3.05) is 0 Å². The lowest BCUT2D eigenvalue weighted by Gasteiger charge is -2.21. The van der Waals surface area contributed by atoms with Crippen molar-refractivity contribution in [1.29, 1.82) is 0 Å². The van der Waals surface area contributed by atoms with Gasteiger partial charge < -0.3 is 5.11 Å². The van der Waals surface area contributed by atoms with E-state index in [9.17, 15) is 13.2 Å². The molecule has 3 rings (SSSR count). The Kier molecular flexibility index (Phi) is 4.65. The van der Waals surface area contributed by atoms with Crippen LogP contribution < -0.4 is 15.4 Å². The third-order valence-corrected chi connectivity index (χ3v) is 5.97. The second-order valence-corrected chi connectivity index (χ2v) is 8.97. The number of benzene rings is 2. The van der Waals surface area contributed by atoms with Gasteiger partial charge in [0, 0.05) is 6.42 Å². The van der Waals surface area contributed by atoms with E-state index in [1.807, 2.05) is 31.2 Å². The summed E-state index contributed by atoms with van der Waals surface area (Å²) in [5, 5.41) is 10.8. The fraction of sp³-hybridized carbons (Fsp3) is 0.316. The van der Waals surface area contributed by atoms with Gasteiger partial charge in [-0.2, -0.15) is 4.72 Å². The van der Waals surface area contributed by atoms with Gasteiger partial charge in [0.2, 0.25) is 10.0 Å². The first-order valence-corrected chi connectivity index (χ1v) is 9.90. The van der Waals surface area contributed by atoms with E-state index in [4.69, 9.17) is 5.11 Å². The van der Waals surface area contributed by atoms with E-state index in [2.05, 4.69) is 14.7 Å². The minimum absolute atomic E-state index is 0.00862. The fourth-order valence-corrected chi connectivity index (χ4v) is 4.26. The van der Waals surface area contributed by atoms with Crippen molar-refractivity contribution < 1.29 is 18.3 Å². The van der Waals surface area contributed by atoms with E-state index in [-0.39, 0.29) is 4.90 Å². The summed E-state index contributed by atoms with van der Waals surface area (Å²) >= 11 is 0. The Morgan fingerprint density at radius 2 is 1.59 bits per heavy atom. The van der Waals surface area contributed by atoms with E-state index >= 15 is 0 Å². The molecule has 0 fully saturated rings. The third kappa shape index (κ3) is 4.06. The zero-order valence-electron chi connectivity index (χ0n) is 15.3. The summed E-state index contributed by atoms with van der Waals surface area (Å²) in [4.78, 5) is 20.5. The number of para-hydroxylation sites is 2. The largest absolute Gasteiger partial charge is 0.480 e. The number of aliphatic carboxylic acids is 1. The second-order valence-electron chi connectivity index (χ2n) is 7.29. The number of sulfonamides is 1. The summed E-state index contributed by atoms with van der Waals surface area (Å²) in [5.41, 5.74) is -1.35. The van der Waals surface area contributed by atoms with Crippen LogP contribution in [0.3, 0.4) is 0 Å². The Morgan fingerprint density at radius 1 is 1.07 bits per heavy atom. The first kappa shape index (κ1) is 19.2. The van der Waals surface area contributed by atoms with E-state index in [0.29, 0.717) is 6.42 Å². The zero-order chi connectivity index (χ0) is 19.9. The van der Waals surface area contributed by atoms with Gasteiger partial charge in [-0.05, 0) is 50.6 Å². The summed E-state index contributed by atoms with van der Waals surface area (Å²) in [6, 6.07) is 14.0. The predicted molar refractivity (Wildman–Crippen MR) is 99.3 cm³/mol. The number of nitrogens with zero attached hydrogens (tertiary/aromatic N) is 2. The number of nitrogens with one attached hydrogen (secondary N) is 1. The Morgan fingerprint density at radius 3 is 2.07 bits per heavy atom. The second kappa shape index (κ2) is 6.54. The van der Waals surface area contributed by atoms with E-state index in [1.165, 1.54) is 26.0 Å². The van der Waals surface area contributed by atoms with Crippen LogP contribution in [0.4, 0.5) is 0 Å². The molecular weight excluding hydrogens is 366 g/mol. The standard InChI is InChI=1S/C19H21N3O4S/c1-18(2,17(23)24)22-27(25,26)14-10-8-13(9-11-14)12-19(3)20-15-6-4-5-7-16(15)21-19/h4-11,22H,12H2,1-3H3,(H,23,24). The molecule has 27 heavy (non-hydrogen) atoms. The minimum Gasteiger partial charge on any atom is -0.480 e. The molecule has 2 N–H and O–H groups in total. The van der Waals surface area contributed by atoms with Crippen molar-refractivity contribution in [3.05, 3.63) is 64.8 Å². The molecule has 1 aliphatic rings. The van der Waals surface area contributed by atoms with Crippen LogP contribution in [0.1, 0.15) is 26.3 Å². The maximum Gasteiger partial charge on any atom is 0.324 e. The lowest BCUT2D eigenvalue weighted by Crippen LogP contribution is -2.49. The Labute approximate surface area is 157 Å². The van der Waals surface area contributed by atoms with Crippen LogP contribution in [-0.2, 0) is 21.2 Å². The highest BCUT2D eigenvalue weighted by molar-refractivity contribution is 7.89. The molecule has 0 amide bonds. The third-order valence-electron chi connectivity index (χ3n) is 4.30. The smallest absolute Gasteiger partial charge is 0.324 e. The average molecular weight is 387 g/mol. The normalized spacial score (nSPS) is 15.5. The molecule has 0 saturated heterocycles. The maximum atomic E-state index is 12.4. The molecule has 8 heteroatoms. The van der Waals surface area contributed by atoms with E-state index in [0.717, 1.165) is 16.3 Å². The molecule has 1 heterocycles. The summed E-state index contributed by atoms with van der Waals surface area (Å²) in [6.45, 7) is 4.51. The van der Waals surface area contributed by atoms with Crippen LogP contribution in [0, 0.1) is 0 Å². The first-order valence-electron chi connectivity index (χ1n) is 8.42. The number of carboxylic acids is 1. The summed E-state index contributed by atoms with van der Waals surface area (Å²) in [6.07, 6.45) is 0.524. The van der Waals surface area contributed by atoms with Gasteiger partial charge in [-0.1, -0.05) is 24.3 Å². The van der Waals surface area contributed by atoms with Gasteiger partial charge in [0.15, 0.2) is 5.66 Å². The van der Waals surface area contributed by atoms with Gasteiger partial charge in [0.05, 0.1) is 15.6 Å². The SMILES string of the molecule is CC1(Cc2ccc(S(=O)(=O)NC(C)(C)C(=O)O)cc2)N=c2ccccc2=N1. The quantitative estimate of drug-likeness (QED) is 0.772. The van der Waals surface area contributed by atoms with Gasteiger partial charge in [-0.15, -0.1) is 0 Å². The molecule has 142 valence electrons. The molecule has 0 atom stereocenters. The number of hydrogen-bond donors (Lipinski definition) is 2. The van der Waals surface area contributed by atoms with Crippen molar-refractivity contribution in [3.8, 4) is 0 Å². The summed E-state index contributed by atoms with van der Waals surface area (Å²) in [7, 11) is -3.94. The lowest BCUT2D eigenvalue weighted by molar-refractivity contribution is -0.142. The van der Waals surface area contributed by atoms with Gasteiger partial charge in [-0.3, -0.25) is 14.8 Å². The highest BCUT2D eigenvalue weighted by Gasteiger charge is 2.33. The van der Waals surface area contributed by atoms with Gasteiger partial charge in [-0.25, -0.2) is 8.42 Å². The number of fused-ring (bicyclic) bond motifs is 1. The Balaban J connectivity index is 1.80. The molecule has 0 aliphatic carbocycles. The van der Waals surface area contributed by atoms with Crippen molar-refractivity contribution in [2.24, 2.45) is 9.98 Å². The molecule has 0 saturated carbocycles. The van der Waals surface area contributed by atoms with Crippen molar-refractivity contribution in [1.82, 2.24) is 4.72 Å². The summed E-state index contributed by atoms with van der Waals surface area (Å²) < 4.78 is 27.0. The molecule has 2 aromatic rings.